The first kappa shape index (κ1) is 14.6. The molecule has 2 nitrogen and oxygen atoms in total. The zero-order valence-corrected chi connectivity index (χ0v) is 12.3. The quantitative estimate of drug-likeness (QED) is 0.841. The molecule has 0 fully saturated rings. The van der Waals surface area contributed by atoms with Crippen molar-refractivity contribution in [2.24, 2.45) is 0 Å². The van der Waals surface area contributed by atoms with Crippen LogP contribution in [0.25, 0.3) is 0 Å². The van der Waals surface area contributed by atoms with Gasteiger partial charge in [0.05, 0.1) is 0 Å². The number of nitrogens with one attached hydrogen (secondary N) is 1. The summed E-state index contributed by atoms with van der Waals surface area (Å²) in [4.78, 5) is 0. The highest BCUT2D eigenvalue weighted by Gasteiger charge is 2.10. The lowest BCUT2D eigenvalue weighted by Crippen LogP contribution is -2.33. The van der Waals surface area contributed by atoms with E-state index in [0.29, 0.717) is 11.8 Å². The molecule has 1 atom stereocenters. The predicted molar refractivity (Wildman–Crippen MR) is 84.2 cm³/mol. The molecule has 0 aliphatic rings. The Kier molecular flexibility index (Phi) is 5.19. The SMILES string of the molecule is CCNC(Cc1ccc(O)cc1)Cc1ccccc1C. The largest absolute Gasteiger partial charge is 0.508 e. The molecular weight excluding hydrogens is 246 g/mol. The zero-order valence-electron chi connectivity index (χ0n) is 12.3. The van der Waals surface area contributed by atoms with Gasteiger partial charge in [-0.1, -0.05) is 43.3 Å². The van der Waals surface area contributed by atoms with Gasteiger partial charge in [0.1, 0.15) is 5.75 Å². The molecule has 0 aromatic heterocycles. The van der Waals surface area contributed by atoms with Crippen molar-refractivity contribution in [3.8, 4) is 5.75 Å². The third-order valence-corrected chi connectivity index (χ3v) is 3.64. The van der Waals surface area contributed by atoms with E-state index in [9.17, 15) is 5.11 Å². The van der Waals surface area contributed by atoms with Gasteiger partial charge < -0.3 is 10.4 Å². The molecule has 0 spiro atoms. The maximum absolute atomic E-state index is 9.35. The van der Waals surface area contributed by atoms with Crippen LogP contribution < -0.4 is 5.32 Å². The summed E-state index contributed by atoms with van der Waals surface area (Å²) in [6.07, 6.45) is 2.00. The average molecular weight is 269 g/mol. The Labute approximate surface area is 121 Å². The van der Waals surface area contributed by atoms with E-state index < -0.39 is 0 Å². The second kappa shape index (κ2) is 7.11. The molecule has 1 unspecified atom stereocenters. The Morgan fingerprint density at radius 3 is 2.35 bits per heavy atom. The van der Waals surface area contributed by atoms with Crippen molar-refractivity contribution < 1.29 is 5.11 Å². The fourth-order valence-corrected chi connectivity index (χ4v) is 2.53. The van der Waals surface area contributed by atoms with Gasteiger partial charge in [-0.3, -0.25) is 0 Å². The Bertz CT molecular complexity index is 533. The van der Waals surface area contributed by atoms with Gasteiger partial charge in [-0.15, -0.1) is 0 Å². The summed E-state index contributed by atoms with van der Waals surface area (Å²) >= 11 is 0. The van der Waals surface area contributed by atoms with Crippen LogP contribution in [-0.2, 0) is 12.8 Å². The molecule has 2 rings (SSSR count). The van der Waals surface area contributed by atoms with Crippen LogP contribution in [0.4, 0.5) is 0 Å². The summed E-state index contributed by atoms with van der Waals surface area (Å²) < 4.78 is 0. The van der Waals surface area contributed by atoms with Crippen molar-refractivity contribution in [2.75, 3.05) is 6.54 Å². The van der Waals surface area contributed by atoms with E-state index in [4.69, 9.17) is 0 Å². The van der Waals surface area contributed by atoms with Gasteiger partial charge in [0.25, 0.3) is 0 Å². The highest BCUT2D eigenvalue weighted by molar-refractivity contribution is 5.29. The molecule has 106 valence electrons. The standard InChI is InChI=1S/C18H23NO/c1-3-19-17(12-15-8-10-18(20)11-9-15)13-16-7-5-4-6-14(16)2/h4-11,17,19-20H,3,12-13H2,1-2H3. The number of hydrogen-bond donors (Lipinski definition) is 2. The number of likely N-dealkylation sites (N-methyl/N-ethyl adjacent to an activating group) is 1. The number of phenolic OH excluding ortho intramolecular Hbond substituents is 1. The highest BCUT2D eigenvalue weighted by Crippen LogP contribution is 2.15. The van der Waals surface area contributed by atoms with Crippen molar-refractivity contribution in [3.63, 3.8) is 0 Å². The van der Waals surface area contributed by atoms with Crippen molar-refractivity contribution in [1.29, 1.82) is 0 Å². The fraction of sp³-hybridized carbons (Fsp3) is 0.333. The van der Waals surface area contributed by atoms with Gasteiger partial charge >= 0.3 is 0 Å². The van der Waals surface area contributed by atoms with E-state index in [2.05, 4.69) is 43.4 Å². The van der Waals surface area contributed by atoms with Crippen LogP contribution in [0.5, 0.6) is 5.75 Å². The van der Waals surface area contributed by atoms with Crippen LogP contribution in [0.1, 0.15) is 23.6 Å². The molecule has 0 saturated heterocycles. The molecule has 20 heavy (non-hydrogen) atoms. The first-order chi connectivity index (χ1) is 9.69. The molecule has 0 radical (unpaired) electrons. The molecule has 2 N–H and O–H groups in total. The smallest absolute Gasteiger partial charge is 0.115 e. The average Bonchev–Trinajstić information content (AvgIpc) is 2.44. The van der Waals surface area contributed by atoms with Crippen molar-refractivity contribution in [3.05, 3.63) is 65.2 Å². The second-order valence-electron chi connectivity index (χ2n) is 5.26. The fourth-order valence-electron chi connectivity index (χ4n) is 2.53. The van der Waals surface area contributed by atoms with Gasteiger partial charge in [0.15, 0.2) is 0 Å². The Balaban J connectivity index is 2.07. The predicted octanol–water partition coefficient (Wildman–Crippen LogP) is 3.46. The number of aromatic hydroxyl groups is 1. The van der Waals surface area contributed by atoms with Crippen LogP contribution in [0, 0.1) is 6.92 Å². The summed E-state index contributed by atoms with van der Waals surface area (Å²) in [6, 6.07) is 16.5. The summed E-state index contributed by atoms with van der Waals surface area (Å²) in [5, 5.41) is 12.9. The monoisotopic (exact) mass is 269 g/mol. The Morgan fingerprint density at radius 1 is 1.00 bits per heavy atom. The number of phenols is 1. The minimum atomic E-state index is 0.327. The van der Waals surface area contributed by atoms with Crippen LogP contribution >= 0.6 is 0 Å². The summed E-state index contributed by atoms with van der Waals surface area (Å²) in [6.45, 7) is 5.27. The van der Waals surface area contributed by atoms with Gasteiger partial charge in [0.2, 0.25) is 0 Å². The Morgan fingerprint density at radius 2 is 1.70 bits per heavy atom. The summed E-state index contributed by atoms with van der Waals surface area (Å²) in [7, 11) is 0. The molecule has 0 heterocycles. The maximum Gasteiger partial charge on any atom is 0.115 e. The van der Waals surface area contributed by atoms with Crippen LogP contribution in [0.2, 0.25) is 0 Å². The third kappa shape index (κ3) is 4.10. The number of hydrogen-bond acceptors (Lipinski definition) is 2. The van der Waals surface area contributed by atoms with E-state index in [1.165, 1.54) is 16.7 Å². The molecular formula is C18H23NO. The molecule has 2 aromatic rings. The third-order valence-electron chi connectivity index (χ3n) is 3.64. The van der Waals surface area contributed by atoms with Gasteiger partial charge in [-0.2, -0.15) is 0 Å². The molecule has 2 heteroatoms. The lowest BCUT2D eigenvalue weighted by atomic mass is 9.96. The molecule has 2 aromatic carbocycles. The van der Waals surface area contributed by atoms with Crippen molar-refractivity contribution >= 4 is 0 Å². The van der Waals surface area contributed by atoms with Gasteiger partial charge in [-0.05, 0) is 55.1 Å². The lowest BCUT2D eigenvalue weighted by Gasteiger charge is -2.19. The molecule has 0 aliphatic carbocycles. The van der Waals surface area contributed by atoms with E-state index in [1.807, 2.05) is 12.1 Å². The van der Waals surface area contributed by atoms with E-state index in [1.54, 1.807) is 12.1 Å². The summed E-state index contributed by atoms with van der Waals surface area (Å²) in [5.74, 6) is 0.327. The van der Waals surface area contributed by atoms with Gasteiger partial charge in [-0.25, -0.2) is 0 Å². The maximum atomic E-state index is 9.35. The Hall–Kier alpha value is -1.80. The molecule has 0 bridgehead atoms. The summed E-state index contributed by atoms with van der Waals surface area (Å²) in [5.41, 5.74) is 4.00. The minimum Gasteiger partial charge on any atom is -0.508 e. The van der Waals surface area contributed by atoms with Crippen molar-refractivity contribution in [2.45, 2.75) is 32.7 Å². The van der Waals surface area contributed by atoms with Crippen LogP contribution in [0.15, 0.2) is 48.5 Å². The normalized spacial score (nSPS) is 12.3. The zero-order chi connectivity index (χ0) is 14.4. The molecule has 0 amide bonds. The van der Waals surface area contributed by atoms with E-state index in [-0.39, 0.29) is 0 Å². The van der Waals surface area contributed by atoms with E-state index >= 15 is 0 Å². The number of rotatable bonds is 6. The second-order valence-corrected chi connectivity index (χ2v) is 5.26. The first-order valence-electron chi connectivity index (χ1n) is 7.25. The van der Waals surface area contributed by atoms with E-state index in [0.717, 1.165) is 19.4 Å². The molecule has 0 aliphatic heterocycles. The molecule has 0 saturated carbocycles. The van der Waals surface area contributed by atoms with Gasteiger partial charge in [0, 0.05) is 6.04 Å². The number of aryl methyl sites for hydroxylation is 1. The highest BCUT2D eigenvalue weighted by atomic mass is 16.3. The van der Waals surface area contributed by atoms with Crippen molar-refractivity contribution in [1.82, 2.24) is 5.32 Å². The van der Waals surface area contributed by atoms with Crippen LogP contribution in [-0.4, -0.2) is 17.7 Å². The first-order valence-corrected chi connectivity index (χ1v) is 7.25. The lowest BCUT2D eigenvalue weighted by molar-refractivity contribution is 0.474. The number of benzene rings is 2. The van der Waals surface area contributed by atoms with Crippen LogP contribution in [0.3, 0.4) is 0 Å². The topological polar surface area (TPSA) is 32.3 Å². The minimum absolute atomic E-state index is 0.327.